The molecule has 6 heteroatoms. The molecule has 0 aliphatic heterocycles. The number of alkyl carbamates (subject to hydrolysis) is 1. The van der Waals surface area contributed by atoms with Gasteiger partial charge in [-0.2, -0.15) is 0 Å². The van der Waals surface area contributed by atoms with E-state index in [4.69, 9.17) is 10.5 Å². The van der Waals surface area contributed by atoms with Crippen molar-refractivity contribution in [1.29, 1.82) is 0 Å². The summed E-state index contributed by atoms with van der Waals surface area (Å²) in [5.74, 6) is -0.0869. The fourth-order valence-corrected chi connectivity index (χ4v) is 1.57. The van der Waals surface area contributed by atoms with Crippen LogP contribution in [0.2, 0.25) is 0 Å². The van der Waals surface area contributed by atoms with Gasteiger partial charge in [0, 0.05) is 25.2 Å². The molecule has 1 rings (SSSR count). The van der Waals surface area contributed by atoms with Crippen LogP contribution in [-0.4, -0.2) is 25.2 Å². The molecule has 0 saturated heterocycles. The molecule has 1 aromatic rings. The smallest absolute Gasteiger partial charge is 0.407 e. The lowest BCUT2D eigenvalue weighted by Crippen LogP contribution is -2.26. The topological polar surface area (TPSA) is 93.4 Å². The zero-order chi connectivity index (χ0) is 14.8. The third-order valence-electron chi connectivity index (χ3n) is 2.60. The van der Waals surface area contributed by atoms with Gasteiger partial charge in [0.1, 0.15) is 0 Å². The summed E-state index contributed by atoms with van der Waals surface area (Å²) in [6.07, 6.45) is 0.446. The highest BCUT2D eigenvalue weighted by molar-refractivity contribution is 5.90. The lowest BCUT2D eigenvalue weighted by molar-refractivity contribution is -0.116. The molecule has 0 saturated carbocycles. The van der Waals surface area contributed by atoms with Crippen molar-refractivity contribution in [3.8, 4) is 0 Å². The first kappa shape index (κ1) is 16.0. The number of carbonyl (C=O) groups excluding carboxylic acids is 2. The monoisotopic (exact) mass is 279 g/mol. The van der Waals surface area contributed by atoms with Crippen molar-refractivity contribution < 1.29 is 14.3 Å². The molecule has 1 aromatic carbocycles. The van der Waals surface area contributed by atoms with Crippen LogP contribution < -0.4 is 16.4 Å². The van der Waals surface area contributed by atoms with Gasteiger partial charge in [0.25, 0.3) is 0 Å². The maximum Gasteiger partial charge on any atom is 0.407 e. The molecule has 0 atom stereocenters. The average Bonchev–Trinajstić information content (AvgIpc) is 2.45. The van der Waals surface area contributed by atoms with E-state index in [1.165, 1.54) is 0 Å². The first-order valence-electron chi connectivity index (χ1n) is 6.65. The van der Waals surface area contributed by atoms with Gasteiger partial charge in [-0.3, -0.25) is 4.79 Å². The van der Waals surface area contributed by atoms with Crippen molar-refractivity contribution >= 4 is 17.7 Å². The molecule has 20 heavy (non-hydrogen) atoms. The van der Waals surface area contributed by atoms with E-state index in [0.29, 0.717) is 32.5 Å². The molecule has 6 nitrogen and oxygen atoms in total. The van der Waals surface area contributed by atoms with E-state index in [2.05, 4.69) is 10.6 Å². The largest absolute Gasteiger partial charge is 0.450 e. The number of benzene rings is 1. The van der Waals surface area contributed by atoms with E-state index in [-0.39, 0.29) is 5.91 Å². The number of rotatable bonds is 7. The number of hydrogen-bond acceptors (Lipinski definition) is 4. The zero-order valence-electron chi connectivity index (χ0n) is 11.6. The molecule has 110 valence electrons. The molecular weight excluding hydrogens is 258 g/mol. The number of carbonyl (C=O) groups is 2. The third-order valence-corrected chi connectivity index (χ3v) is 2.60. The number of nitrogens with one attached hydrogen (secondary N) is 2. The van der Waals surface area contributed by atoms with Crippen LogP contribution in [0.4, 0.5) is 10.5 Å². The Bertz CT molecular complexity index is 432. The highest BCUT2D eigenvalue weighted by atomic mass is 16.5. The van der Waals surface area contributed by atoms with E-state index in [1.54, 1.807) is 6.92 Å². The fraction of sp³-hybridized carbons (Fsp3) is 0.429. The van der Waals surface area contributed by atoms with Crippen LogP contribution in [0.5, 0.6) is 0 Å². The Balaban J connectivity index is 2.21. The lowest BCUT2D eigenvalue weighted by Gasteiger charge is -2.07. The molecule has 2 amide bonds. The number of amides is 2. The Morgan fingerprint density at radius 1 is 1.25 bits per heavy atom. The maximum atomic E-state index is 11.7. The number of anilines is 1. The van der Waals surface area contributed by atoms with E-state index < -0.39 is 6.09 Å². The molecule has 0 aliphatic carbocycles. The van der Waals surface area contributed by atoms with Gasteiger partial charge in [-0.1, -0.05) is 12.1 Å². The third kappa shape index (κ3) is 6.19. The highest BCUT2D eigenvalue weighted by Gasteiger charge is 2.04. The normalized spacial score (nSPS) is 9.90. The molecule has 0 bridgehead atoms. The van der Waals surface area contributed by atoms with Gasteiger partial charge in [-0.05, 0) is 31.0 Å². The standard InChI is InChI=1S/C14H21N3O3/c1-2-20-14(19)16-9-3-4-13(18)17-12-7-5-11(10-15)6-8-12/h5-8H,2-4,9-10,15H2,1H3,(H,16,19)(H,17,18). The molecule has 0 unspecified atom stereocenters. The van der Waals surface area contributed by atoms with E-state index in [1.807, 2.05) is 24.3 Å². The Morgan fingerprint density at radius 3 is 2.55 bits per heavy atom. The second kappa shape index (κ2) is 8.92. The predicted octanol–water partition coefficient (Wildman–Crippen LogP) is 1.61. The minimum atomic E-state index is -0.453. The first-order valence-corrected chi connectivity index (χ1v) is 6.65. The summed E-state index contributed by atoms with van der Waals surface area (Å²) in [6.45, 7) is 2.97. The molecule has 0 radical (unpaired) electrons. The van der Waals surface area contributed by atoms with Gasteiger partial charge in [-0.15, -0.1) is 0 Å². The van der Waals surface area contributed by atoms with Gasteiger partial charge < -0.3 is 21.1 Å². The minimum absolute atomic E-state index is 0.0869. The average molecular weight is 279 g/mol. The molecule has 4 N–H and O–H groups in total. The van der Waals surface area contributed by atoms with Crippen molar-refractivity contribution in [3.63, 3.8) is 0 Å². The van der Waals surface area contributed by atoms with E-state index in [9.17, 15) is 9.59 Å². The van der Waals surface area contributed by atoms with Crippen LogP contribution in [0.25, 0.3) is 0 Å². The predicted molar refractivity (Wildman–Crippen MR) is 77.2 cm³/mol. The van der Waals surface area contributed by atoms with Crippen LogP contribution in [0.3, 0.4) is 0 Å². The summed E-state index contributed by atoms with van der Waals surface area (Å²) in [6, 6.07) is 7.38. The minimum Gasteiger partial charge on any atom is -0.450 e. The van der Waals surface area contributed by atoms with Crippen LogP contribution in [-0.2, 0) is 16.1 Å². The second-order valence-electron chi connectivity index (χ2n) is 4.20. The SMILES string of the molecule is CCOC(=O)NCCCC(=O)Nc1ccc(CN)cc1. The van der Waals surface area contributed by atoms with Crippen LogP contribution in [0, 0.1) is 0 Å². The molecule has 0 spiro atoms. The summed E-state index contributed by atoms with van der Waals surface area (Å²) in [4.78, 5) is 22.7. The van der Waals surface area contributed by atoms with Crippen molar-refractivity contribution in [2.24, 2.45) is 5.73 Å². The van der Waals surface area contributed by atoms with Crippen LogP contribution >= 0.6 is 0 Å². The molecule has 0 fully saturated rings. The Morgan fingerprint density at radius 2 is 1.95 bits per heavy atom. The van der Waals surface area contributed by atoms with Gasteiger partial charge in [0.2, 0.25) is 5.91 Å². The lowest BCUT2D eigenvalue weighted by atomic mass is 10.2. The van der Waals surface area contributed by atoms with Gasteiger partial charge in [0.05, 0.1) is 6.61 Å². The number of nitrogens with two attached hydrogens (primary N) is 1. The molecule has 0 aliphatic rings. The van der Waals surface area contributed by atoms with Gasteiger partial charge in [0.15, 0.2) is 0 Å². The summed E-state index contributed by atoms with van der Waals surface area (Å²) in [7, 11) is 0. The molecule has 0 heterocycles. The van der Waals surface area contributed by atoms with E-state index >= 15 is 0 Å². The van der Waals surface area contributed by atoms with E-state index in [0.717, 1.165) is 11.3 Å². The summed E-state index contributed by atoms with van der Waals surface area (Å²) in [5, 5.41) is 5.35. The maximum absolute atomic E-state index is 11.7. The van der Waals surface area contributed by atoms with Crippen molar-refractivity contribution in [2.45, 2.75) is 26.3 Å². The zero-order valence-corrected chi connectivity index (χ0v) is 11.6. The summed E-state index contributed by atoms with van der Waals surface area (Å²) >= 11 is 0. The highest BCUT2D eigenvalue weighted by Crippen LogP contribution is 2.09. The Hall–Kier alpha value is -2.08. The van der Waals surface area contributed by atoms with Crippen molar-refractivity contribution in [3.05, 3.63) is 29.8 Å². The second-order valence-corrected chi connectivity index (χ2v) is 4.20. The molecule has 0 aromatic heterocycles. The summed E-state index contributed by atoms with van der Waals surface area (Å²) in [5.41, 5.74) is 7.25. The number of ether oxygens (including phenoxy) is 1. The number of hydrogen-bond donors (Lipinski definition) is 3. The van der Waals surface area contributed by atoms with Gasteiger partial charge >= 0.3 is 6.09 Å². The first-order chi connectivity index (χ1) is 9.65. The summed E-state index contributed by atoms with van der Waals surface area (Å²) < 4.78 is 4.71. The Kier molecular flexibility index (Phi) is 7.13. The Labute approximate surface area is 118 Å². The van der Waals surface area contributed by atoms with Crippen LogP contribution in [0.1, 0.15) is 25.3 Å². The van der Waals surface area contributed by atoms with Crippen molar-refractivity contribution in [1.82, 2.24) is 5.32 Å². The van der Waals surface area contributed by atoms with Crippen LogP contribution in [0.15, 0.2) is 24.3 Å². The fourth-order valence-electron chi connectivity index (χ4n) is 1.57. The molecular formula is C14H21N3O3. The van der Waals surface area contributed by atoms with Gasteiger partial charge in [-0.25, -0.2) is 4.79 Å². The quantitative estimate of drug-likeness (QED) is 0.661. The van der Waals surface area contributed by atoms with Crippen molar-refractivity contribution in [2.75, 3.05) is 18.5 Å².